The van der Waals surface area contributed by atoms with Crippen molar-refractivity contribution in [1.82, 2.24) is 25.0 Å². The highest BCUT2D eigenvalue weighted by molar-refractivity contribution is 5.83. The summed E-state index contributed by atoms with van der Waals surface area (Å²) in [6, 6.07) is 11.1. The number of benzene rings is 1. The van der Waals surface area contributed by atoms with Gasteiger partial charge in [0.05, 0.1) is 13.4 Å². The molecule has 0 aliphatic heterocycles. The van der Waals surface area contributed by atoms with Crippen LogP contribution in [0.1, 0.15) is 0 Å². The second kappa shape index (κ2) is 6.28. The maximum atomic E-state index is 6.09. The molecule has 3 heterocycles. The first-order chi connectivity index (χ1) is 12.7. The summed E-state index contributed by atoms with van der Waals surface area (Å²) in [4.78, 5) is 4.47. The fourth-order valence-electron chi connectivity index (χ4n) is 2.62. The molecule has 0 aliphatic rings. The Morgan fingerprint density at radius 3 is 2.73 bits per heavy atom. The van der Waals surface area contributed by atoms with Crippen LogP contribution in [0.25, 0.3) is 23.0 Å². The van der Waals surface area contributed by atoms with Gasteiger partial charge in [-0.3, -0.25) is 5.10 Å². The molecule has 9 nitrogen and oxygen atoms in total. The van der Waals surface area contributed by atoms with Crippen molar-refractivity contribution >= 4 is 17.3 Å². The molecule has 0 unspecified atom stereocenters. The van der Waals surface area contributed by atoms with Crippen molar-refractivity contribution in [2.75, 3.05) is 18.2 Å². The van der Waals surface area contributed by atoms with Gasteiger partial charge in [0.1, 0.15) is 17.1 Å². The van der Waals surface area contributed by atoms with E-state index in [1.165, 1.54) is 0 Å². The number of nitrogens with zero attached hydrogens (tertiary/aromatic N) is 4. The summed E-state index contributed by atoms with van der Waals surface area (Å²) in [6.45, 7) is 0. The maximum absolute atomic E-state index is 6.09. The van der Waals surface area contributed by atoms with E-state index in [0.29, 0.717) is 34.6 Å². The molecule has 0 saturated carbocycles. The summed E-state index contributed by atoms with van der Waals surface area (Å²) in [5.41, 5.74) is 7.56. The molecular formula is C17H17N7O2. The van der Waals surface area contributed by atoms with Crippen LogP contribution in [-0.4, -0.2) is 32.1 Å². The first-order valence-corrected chi connectivity index (χ1v) is 7.86. The second-order valence-corrected chi connectivity index (χ2v) is 5.57. The number of aromatic nitrogens is 5. The van der Waals surface area contributed by atoms with Crippen molar-refractivity contribution in [3.8, 4) is 28.7 Å². The van der Waals surface area contributed by atoms with Gasteiger partial charge in [0, 0.05) is 12.7 Å². The van der Waals surface area contributed by atoms with Crippen molar-refractivity contribution in [2.45, 2.75) is 0 Å². The largest absolute Gasteiger partial charge is 0.497 e. The summed E-state index contributed by atoms with van der Waals surface area (Å²) in [7, 11) is 3.42. The van der Waals surface area contributed by atoms with E-state index in [0.717, 1.165) is 11.4 Å². The molecule has 0 amide bonds. The fourth-order valence-corrected chi connectivity index (χ4v) is 2.62. The third kappa shape index (κ3) is 2.75. The molecule has 1 aromatic carbocycles. The zero-order valence-corrected chi connectivity index (χ0v) is 14.2. The van der Waals surface area contributed by atoms with Crippen LogP contribution in [0.15, 0.2) is 47.1 Å². The Kier molecular flexibility index (Phi) is 3.81. The van der Waals surface area contributed by atoms with Gasteiger partial charge in [-0.1, -0.05) is 0 Å². The van der Waals surface area contributed by atoms with Crippen LogP contribution in [0, 0.1) is 0 Å². The Morgan fingerprint density at radius 1 is 1.23 bits per heavy atom. The zero-order chi connectivity index (χ0) is 18.1. The highest BCUT2D eigenvalue weighted by Gasteiger charge is 2.21. The molecule has 0 fully saturated rings. The topological polar surface area (TPSA) is 120 Å². The van der Waals surface area contributed by atoms with Gasteiger partial charge in [-0.05, 0) is 36.4 Å². The molecule has 0 saturated heterocycles. The molecule has 3 aromatic heterocycles. The smallest absolute Gasteiger partial charge is 0.192 e. The molecule has 0 bridgehead atoms. The van der Waals surface area contributed by atoms with Gasteiger partial charge in [0.2, 0.25) is 0 Å². The fraction of sp³-hybridized carbons (Fsp3) is 0.118. The number of aryl methyl sites for hydroxylation is 1. The lowest BCUT2D eigenvalue weighted by Gasteiger charge is -2.09. The molecule has 4 aromatic rings. The van der Waals surface area contributed by atoms with Crippen molar-refractivity contribution in [1.29, 1.82) is 0 Å². The zero-order valence-electron chi connectivity index (χ0n) is 14.2. The van der Waals surface area contributed by atoms with Crippen LogP contribution < -0.4 is 15.8 Å². The number of rotatable bonds is 5. The Morgan fingerprint density at radius 2 is 2.04 bits per heavy atom. The molecular weight excluding hydrogens is 334 g/mol. The molecule has 0 atom stereocenters. The first kappa shape index (κ1) is 15.8. The Balaban J connectivity index is 1.70. The predicted molar refractivity (Wildman–Crippen MR) is 97.0 cm³/mol. The van der Waals surface area contributed by atoms with Crippen LogP contribution in [0.4, 0.5) is 17.3 Å². The number of methoxy groups -OCH3 is 1. The number of hydrogen-bond donors (Lipinski definition) is 3. The van der Waals surface area contributed by atoms with Crippen molar-refractivity contribution in [3.05, 3.63) is 42.7 Å². The second-order valence-electron chi connectivity index (χ2n) is 5.57. The highest BCUT2D eigenvalue weighted by Crippen LogP contribution is 2.34. The van der Waals surface area contributed by atoms with Gasteiger partial charge in [0.15, 0.2) is 23.2 Å². The number of anilines is 3. The number of aromatic amines is 1. The van der Waals surface area contributed by atoms with Crippen molar-refractivity contribution in [3.63, 3.8) is 0 Å². The van der Waals surface area contributed by atoms with Gasteiger partial charge >= 0.3 is 0 Å². The number of nitrogen functional groups attached to an aromatic ring is 1. The lowest BCUT2D eigenvalue weighted by molar-refractivity contribution is 0.415. The number of nitrogens with two attached hydrogens (primary N) is 1. The van der Waals surface area contributed by atoms with E-state index in [9.17, 15) is 0 Å². The van der Waals surface area contributed by atoms with E-state index in [-0.39, 0.29) is 0 Å². The summed E-state index contributed by atoms with van der Waals surface area (Å²) >= 11 is 0. The van der Waals surface area contributed by atoms with Gasteiger partial charge < -0.3 is 20.2 Å². The van der Waals surface area contributed by atoms with Gasteiger partial charge in [0.25, 0.3) is 0 Å². The first-order valence-electron chi connectivity index (χ1n) is 7.86. The standard InChI is InChI=1S/C17H17N7O2/c1-24-17(19-10-5-7-11(25-2)8-6-10)13(14(18)23-24)16-20-15(21-22-16)12-4-3-9-26-12/h3-9,19H,1-2H3,(H2,18,23)(H,20,21,22). The normalized spacial score (nSPS) is 10.8. The molecule has 0 aliphatic carbocycles. The molecule has 4 rings (SSSR count). The summed E-state index contributed by atoms with van der Waals surface area (Å²) in [5, 5.41) is 14.7. The quantitative estimate of drug-likeness (QED) is 0.505. The predicted octanol–water partition coefficient (Wildman–Crippen LogP) is 2.80. The van der Waals surface area contributed by atoms with Crippen LogP contribution in [0.5, 0.6) is 5.75 Å². The third-order valence-electron chi connectivity index (χ3n) is 3.89. The van der Waals surface area contributed by atoms with E-state index in [1.807, 2.05) is 24.3 Å². The molecule has 4 N–H and O–H groups in total. The lowest BCUT2D eigenvalue weighted by Crippen LogP contribution is -2.00. The van der Waals surface area contributed by atoms with E-state index < -0.39 is 0 Å². The van der Waals surface area contributed by atoms with Crippen LogP contribution >= 0.6 is 0 Å². The number of hydrogen-bond acceptors (Lipinski definition) is 7. The third-order valence-corrected chi connectivity index (χ3v) is 3.89. The van der Waals surface area contributed by atoms with E-state index in [4.69, 9.17) is 14.9 Å². The number of furan rings is 1. The van der Waals surface area contributed by atoms with Crippen LogP contribution in [0.2, 0.25) is 0 Å². The number of ether oxygens (including phenoxy) is 1. The number of H-pyrrole nitrogens is 1. The van der Waals surface area contributed by atoms with Gasteiger partial charge in [-0.15, -0.1) is 0 Å². The van der Waals surface area contributed by atoms with E-state index >= 15 is 0 Å². The highest BCUT2D eigenvalue weighted by atomic mass is 16.5. The van der Waals surface area contributed by atoms with E-state index in [1.54, 1.807) is 37.2 Å². The minimum absolute atomic E-state index is 0.327. The molecule has 132 valence electrons. The molecule has 26 heavy (non-hydrogen) atoms. The summed E-state index contributed by atoms with van der Waals surface area (Å²) in [5.74, 6) is 3.32. The summed E-state index contributed by atoms with van der Waals surface area (Å²) < 4.78 is 12.2. The van der Waals surface area contributed by atoms with Crippen molar-refractivity contribution < 1.29 is 9.15 Å². The lowest BCUT2D eigenvalue weighted by atomic mass is 10.2. The average molecular weight is 351 g/mol. The molecule has 9 heteroatoms. The molecule has 0 spiro atoms. The van der Waals surface area contributed by atoms with Crippen LogP contribution in [-0.2, 0) is 7.05 Å². The average Bonchev–Trinajstić information content (AvgIpc) is 3.37. The summed E-state index contributed by atoms with van der Waals surface area (Å²) in [6.07, 6.45) is 1.58. The van der Waals surface area contributed by atoms with Gasteiger partial charge in [-0.25, -0.2) is 9.67 Å². The number of nitrogens with one attached hydrogen (secondary N) is 2. The maximum Gasteiger partial charge on any atom is 0.192 e. The minimum atomic E-state index is 0.327. The van der Waals surface area contributed by atoms with E-state index in [2.05, 4.69) is 25.6 Å². The van der Waals surface area contributed by atoms with Crippen LogP contribution in [0.3, 0.4) is 0 Å². The monoisotopic (exact) mass is 351 g/mol. The molecule has 0 radical (unpaired) electrons. The SMILES string of the molecule is COc1ccc(Nc2c(-c3n[nH]c(-c4ccco4)n3)c(N)nn2C)cc1. The Bertz CT molecular complexity index is 1020. The van der Waals surface area contributed by atoms with Crippen molar-refractivity contribution in [2.24, 2.45) is 7.05 Å². The minimum Gasteiger partial charge on any atom is -0.497 e. The van der Waals surface area contributed by atoms with Gasteiger partial charge in [-0.2, -0.15) is 10.2 Å². The Labute approximate surface area is 148 Å². The Hall–Kier alpha value is -3.75.